The van der Waals surface area contributed by atoms with Crippen LogP contribution in [0.4, 0.5) is 0 Å². The molecule has 74 valence electrons. The van der Waals surface area contributed by atoms with E-state index in [2.05, 4.69) is 16.0 Å². The van der Waals surface area contributed by atoms with Crippen molar-refractivity contribution in [3.63, 3.8) is 0 Å². The third kappa shape index (κ3) is 3.12. The summed E-state index contributed by atoms with van der Waals surface area (Å²) in [4.78, 5) is 0. The average Bonchev–Trinajstić information content (AvgIpc) is 2.26. The fraction of sp³-hybridized carbons (Fsp3) is 0.111. The largest absolute Gasteiger partial charge is 0.300 e. The van der Waals surface area contributed by atoms with Gasteiger partial charge >= 0.3 is 0 Å². The van der Waals surface area contributed by atoms with Gasteiger partial charge in [-0.1, -0.05) is 30.3 Å². The zero-order chi connectivity index (χ0) is 10.4. The Bertz CT molecular complexity index is 334. The minimum Gasteiger partial charge on any atom is -0.300 e. The van der Waals surface area contributed by atoms with E-state index in [1.165, 1.54) is 0 Å². The molecule has 0 saturated heterocycles. The van der Waals surface area contributed by atoms with Gasteiger partial charge in [0.25, 0.3) is 0 Å². The van der Waals surface area contributed by atoms with Gasteiger partial charge in [0, 0.05) is 0 Å². The summed E-state index contributed by atoms with van der Waals surface area (Å²) < 4.78 is 0. The summed E-state index contributed by atoms with van der Waals surface area (Å²) in [5.74, 6) is 5.07. The van der Waals surface area contributed by atoms with Crippen LogP contribution in [-0.4, -0.2) is 10.8 Å². The van der Waals surface area contributed by atoms with E-state index in [0.717, 1.165) is 11.3 Å². The Kier molecular flexibility index (Phi) is 4.03. The predicted molar refractivity (Wildman–Crippen MR) is 61.7 cm³/mol. The van der Waals surface area contributed by atoms with E-state index in [-0.39, 0.29) is 0 Å². The van der Waals surface area contributed by atoms with Gasteiger partial charge in [0.1, 0.15) is 0 Å². The Hall–Kier alpha value is -1.46. The second kappa shape index (κ2) is 5.31. The SMILES string of the molecule is CC(=NNC(=S)NN)c1ccccc1. The lowest BCUT2D eigenvalue weighted by Gasteiger charge is -2.03. The van der Waals surface area contributed by atoms with Crippen molar-refractivity contribution in [3.05, 3.63) is 35.9 Å². The third-order valence-electron chi connectivity index (χ3n) is 1.65. The number of nitrogens with one attached hydrogen (secondary N) is 2. The number of hydrazone groups is 1. The average molecular weight is 208 g/mol. The van der Waals surface area contributed by atoms with Crippen LogP contribution in [0.5, 0.6) is 0 Å². The van der Waals surface area contributed by atoms with Crippen molar-refractivity contribution in [1.82, 2.24) is 10.9 Å². The molecule has 0 saturated carbocycles. The van der Waals surface area contributed by atoms with Crippen molar-refractivity contribution >= 4 is 23.0 Å². The molecule has 0 spiro atoms. The van der Waals surface area contributed by atoms with Crippen LogP contribution in [0.2, 0.25) is 0 Å². The van der Waals surface area contributed by atoms with Crippen molar-refractivity contribution in [3.8, 4) is 0 Å². The van der Waals surface area contributed by atoms with E-state index >= 15 is 0 Å². The summed E-state index contributed by atoms with van der Waals surface area (Å²) in [6.07, 6.45) is 0. The Morgan fingerprint density at radius 3 is 2.57 bits per heavy atom. The Balaban J connectivity index is 2.66. The van der Waals surface area contributed by atoms with Crippen molar-refractivity contribution in [1.29, 1.82) is 0 Å². The van der Waals surface area contributed by atoms with Crippen LogP contribution < -0.4 is 16.7 Å². The minimum atomic E-state index is 0.292. The zero-order valence-corrected chi connectivity index (χ0v) is 8.64. The maximum atomic E-state index is 5.07. The molecule has 4 N–H and O–H groups in total. The molecule has 4 nitrogen and oxygen atoms in total. The van der Waals surface area contributed by atoms with Crippen molar-refractivity contribution in [2.45, 2.75) is 6.92 Å². The second-order valence-electron chi connectivity index (χ2n) is 2.65. The highest BCUT2D eigenvalue weighted by Crippen LogP contribution is 1.99. The molecule has 14 heavy (non-hydrogen) atoms. The number of rotatable bonds is 2. The first-order chi connectivity index (χ1) is 6.74. The van der Waals surface area contributed by atoms with E-state index in [4.69, 9.17) is 18.1 Å². The second-order valence-corrected chi connectivity index (χ2v) is 3.06. The van der Waals surface area contributed by atoms with Gasteiger partial charge in [-0.05, 0) is 24.7 Å². The molecule has 5 heteroatoms. The third-order valence-corrected chi connectivity index (χ3v) is 1.86. The van der Waals surface area contributed by atoms with Crippen molar-refractivity contribution in [2.75, 3.05) is 0 Å². The zero-order valence-electron chi connectivity index (χ0n) is 7.82. The Morgan fingerprint density at radius 1 is 1.36 bits per heavy atom. The first-order valence-corrected chi connectivity index (χ1v) is 4.51. The maximum Gasteiger partial charge on any atom is 0.201 e. The van der Waals surface area contributed by atoms with Gasteiger partial charge in [0.05, 0.1) is 5.71 Å². The molecule has 0 aromatic heterocycles. The molecule has 1 rings (SSSR count). The Labute approximate surface area is 88.2 Å². The van der Waals surface area contributed by atoms with Gasteiger partial charge in [0.15, 0.2) is 0 Å². The summed E-state index contributed by atoms with van der Waals surface area (Å²) >= 11 is 4.77. The number of nitrogens with zero attached hydrogens (tertiary/aromatic N) is 1. The number of hydrazine groups is 1. The number of nitrogens with two attached hydrogens (primary N) is 1. The lowest BCUT2D eigenvalue weighted by molar-refractivity contribution is 0.925. The first-order valence-electron chi connectivity index (χ1n) is 4.10. The minimum absolute atomic E-state index is 0.292. The quantitative estimate of drug-likeness (QED) is 0.290. The van der Waals surface area contributed by atoms with Gasteiger partial charge in [-0.3, -0.25) is 10.9 Å². The smallest absolute Gasteiger partial charge is 0.201 e. The molecular weight excluding hydrogens is 196 g/mol. The topological polar surface area (TPSA) is 62.4 Å². The van der Waals surface area contributed by atoms with Gasteiger partial charge in [-0.2, -0.15) is 5.10 Å². The summed E-state index contributed by atoms with van der Waals surface area (Å²) in [5, 5.41) is 4.34. The van der Waals surface area contributed by atoms with Crippen molar-refractivity contribution < 1.29 is 0 Å². The van der Waals surface area contributed by atoms with E-state index in [9.17, 15) is 0 Å². The summed E-state index contributed by atoms with van der Waals surface area (Å²) in [7, 11) is 0. The molecule has 0 amide bonds. The fourth-order valence-electron chi connectivity index (χ4n) is 0.911. The lowest BCUT2D eigenvalue weighted by Crippen LogP contribution is -2.37. The molecule has 1 aromatic rings. The fourth-order valence-corrected chi connectivity index (χ4v) is 0.956. The van der Waals surface area contributed by atoms with E-state index < -0.39 is 0 Å². The summed E-state index contributed by atoms with van der Waals surface area (Å²) in [5.41, 5.74) is 6.79. The molecule has 0 atom stereocenters. The number of benzene rings is 1. The molecular formula is C9H12N4S. The monoisotopic (exact) mass is 208 g/mol. The number of hydrogen-bond acceptors (Lipinski definition) is 3. The van der Waals surface area contributed by atoms with Crippen LogP contribution >= 0.6 is 12.2 Å². The molecule has 0 unspecified atom stereocenters. The predicted octanol–water partition coefficient (Wildman–Crippen LogP) is 0.748. The Morgan fingerprint density at radius 2 is 2.00 bits per heavy atom. The van der Waals surface area contributed by atoms with Crippen LogP contribution in [0.1, 0.15) is 12.5 Å². The molecule has 0 aliphatic carbocycles. The normalized spacial score (nSPS) is 10.9. The number of hydrogen-bond donors (Lipinski definition) is 3. The van der Waals surface area contributed by atoms with Gasteiger partial charge < -0.3 is 0 Å². The summed E-state index contributed by atoms with van der Waals surface area (Å²) in [6.45, 7) is 1.89. The highest BCUT2D eigenvalue weighted by molar-refractivity contribution is 7.80. The van der Waals surface area contributed by atoms with Gasteiger partial charge in [-0.15, -0.1) is 0 Å². The van der Waals surface area contributed by atoms with Gasteiger partial charge in [0.2, 0.25) is 5.11 Å². The van der Waals surface area contributed by atoms with Crippen LogP contribution in [0.25, 0.3) is 0 Å². The molecule has 0 aliphatic rings. The molecule has 0 heterocycles. The van der Waals surface area contributed by atoms with Crippen LogP contribution in [0, 0.1) is 0 Å². The van der Waals surface area contributed by atoms with Crippen molar-refractivity contribution in [2.24, 2.45) is 10.9 Å². The molecule has 0 fully saturated rings. The van der Waals surface area contributed by atoms with Gasteiger partial charge in [-0.25, -0.2) is 5.84 Å². The maximum absolute atomic E-state index is 5.07. The highest BCUT2D eigenvalue weighted by atomic mass is 32.1. The van der Waals surface area contributed by atoms with Crippen LogP contribution in [0.3, 0.4) is 0 Å². The van der Waals surface area contributed by atoms with E-state index in [1.807, 2.05) is 37.3 Å². The molecule has 0 radical (unpaired) electrons. The molecule has 1 aromatic carbocycles. The highest BCUT2D eigenvalue weighted by Gasteiger charge is 1.95. The standard InChI is InChI=1S/C9H12N4S/c1-7(12-13-9(14)11-10)8-5-3-2-4-6-8/h2-6H,10H2,1H3,(H2,11,13,14). The first kappa shape index (κ1) is 10.6. The number of thiocarbonyl (C=S) groups is 1. The molecule has 0 aliphatic heterocycles. The van der Waals surface area contributed by atoms with Crippen LogP contribution in [-0.2, 0) is 0 Å². The summed E-state index contributed by atoms with van der Waals surface area (Å²) in [6, 6.07) is 9.80. The van der Waals surface area contributed by atoms with E-state index in [1.54, 1.807) is 0 Å². The van der Waals surface area contributed by atoms with Crippen LogP contribution in [0.15, 0.2) is 35.4 Å². The lowest BCUT2D eigenvalue weighted by atomic mass is 10.1. The van der Waals surface area contributed by atoms with E-state index in [0.29, 0.717) is 5.11 Å². The molecule has 0 bridgehead atoms.